The molecule has 1 heterocycles. The Morgan fingerprint density at radius 3 is 2.75 bits per heavy atom. The van der Waals surface area contributed by atoms with Crippen LogP contribution in [0.5, 0.6) is 5.75 Å². The Hall–Kier alpha value is -1.58. The van der Waals surface area contributed by atoms with Gasteiger partial charge in [0.05, 0.1) is 18.4 Å². The van der Waals surface area contributed by atoms with Gasteiger partial charge in [-0.15, -0.1) is 0 Å². The van der Waals surface area contributed by atoms with E-state index in [-0.39, 0.29) is 0 Å². The van der Waals surface area contributed by atoms with Crippen molar-refractivity contribution in [1.82, 2.24) is 4.98 Å². The molecule has 2 N–H and O–H groups in total. The number of hydrogen-bond acceptors (Lipinski definition) is 3. The zero-order valence-electron chi connectivity index (χ0n) is 7.00. The van der Waals surface area contributed by atoms with Crippen LogP contribution in [0.4, 0.5) is 0 Å². The van der Waals surface area contributed by atoms with Crippen LogP contribution in [0.15, 0.2) is 12.3 Å². The maximum Gasteiger partial charge on any atom is 0.252 e. The summed E-state index contributed by atoms with van der Waals surface area (Å²) in [6.45, 7) is 1.76. The first-order valence-corrected chi connectivity index (χ1v) is 3.46. The molecular formula is C8H10N2O2. The Morgan fingerprint density at radius 2 is 2.33 bits per heavy atom. The summed E-state index contributed by atoms with van der Waals surface area (Å²) in [6.07, 6.45) is 1.53. The van der Waals surface area contributed by atoms with Gasteiger partial charge in [-0.2, -0.15) is 0 Å². The number of nitrogens with two attached hydrogens (primary N) is 1. The Morgan fingerprint density at radius 1 is 1.67 bits per heavy atom. The van der Waals surface area contributed by atoms with E-state index in [9.17, 15) is 4.79 Å². The van der Waals surface area contributed by atoms with Gasteiger partial charge >= 0.3 is 0 Å². The van der Waals surface area contributed by atoms with Crippen molar-refractivity contribution in [2.24, 2.45) is 5.73 Å². The van der Waals surface area contributed by atoms with Gasteiger partial charge in [-0.05, 0) is 13.0 Å². The molecule has 0 aliphatic carbocycles. The first-order valence-electron chi connectivity index (χ1n) is 3.46. The Labute approximate surface area is 70.4 Å². The molecule has 0 saturated heterocycles. The van der Waals surface area contributed by atoms with Gasteiger partial charge in [-0.1, -0.05) is 0 Å². The number of amides is 1. The molecule has 1 aromatic rings. The molecule has 0 spiro atoms. The molecule has 0 unspecified atom stereocenters. The quantitative estimate of drug-likeness (QED) is 0.695. The molecular weight excluding hydrogens is 156 g/mol. The summed E-state index contributed by atoms with van der Waals surface area (Å²) in [7, 11) is 1.48. The summed E-state index contributed by atoms with van der Waals surface area (Å²) in [4.78, 5) is 14.8. The molecule has 12 heavy (non-hydrogen) atoms. The Bertz CT molecular complexity index is 310. The lowest BCUT2D eigenvalue weighted by molar-refractivity contribution is 0.0997. The van der Waals surface area contributed by atoms with E-state index in [2.05, 4.69) is 4.98 Å². The van der Waals surface area contributed by atoms with Crippen LogP contribution in [-0.2, 0) is 0 Å². The van der Waals surface area contributed by atoms with E-state index in [0.29, 0.717) is 17.0 Å². The van der Waals surface area contributed by atoms with Crippen LogP contribution in [-0.4, -0.2) is 18.0 Å². The van der Waals surface area contributed by atoms with Crippen molar-refractivity contribution in [2.45, 2.75) is 6.92 Å². The molecule has 1 rings (SSSR count). The smallest absolute Gasteiger partial charge is 0.252 e. The van der Waals surface area contributed by atoms with Crippen molar-refractivity contribution in [3.05, 3.63) is 23.5 Å². The first kappa shape index (κ1) is 8.52. The summed E-state index contributed by atoms with van der Waals surface area (Å²) in [5.74, 6) is -0.0534. The summed E-state index contributed by atoms with van der Waals surface area (Å²) in [6, 6.07) is 1.54. The number of pyridine rings is 1. The van der Waals surface area contributed by atoms with Crippen LogP contribution < -0.4 is 10.5 Å². The first-order chi connectivity index (χ1) is 5.66. The highest BCUT2D eigenvalue weighted by molar-refractivity contribution is 5.95. The Kier molecular flexibility index (Phi) is 2.28. The summed E-state index contributed by atoms with van der Waals surface area (Å²) >= 11 is 0. The van der Waals surface area contributed by atoms with Gasteiger partial charge < -0.3 is 10.5 Å². The van der Waals surface area contributed by atoms with E-state index >= 15 is 0 Å². The molecule has 64 valence electrons. The predicted octanol–water partition coefficient (Wildman–Crippen LogP) is 0.498. The van der Waals surface area contributed by atoms with E-state index in [0.717, 1.165) is 0 Å². The number of carbonyl (C=O) groups excluding carboxylic acids is 1. The zero-order chi connectivity index (χ0) is 9.14. The molecule has 0 bridgehead atoms. The lowest BCUT2D eigenvalue weighted by Gasteiger charge is -2.06. The molecule has 1 aromatic heterocycles. The van der Waals surface area contributed by atoms with E-state index < -0.39 is 5.91 Å². The molecule has 0 radical (unpaired) electrons. The molecule has 0 saturated carbocycles. The van der Waals surface area contributed by atoms with Crippen LogP contribution in [0.3, 0.4) is 0 Å². The van der Waals surface area contributed by atoms with Crippen LogP contribution in [0.2, 0.25) is 0 Å². The number of ether oxygens (including phenoxy) is 1. The molecule has 0 aliphatic heterocycles. The highest BCUT2D eigenvalue weighted by Crippen LogP contribution is 2.19. The zero-order valence-corrected chi connectivity index (χ0v) is 7.00. The second kappa shape index (κ2) is 3.21. The van der Waals surface area contributed by atoms with Crippen LogP contribution in [0, 0.1) is 6.92 Å². The third kappa shape index (κ3) is 1.37. The van der Waals surface area contributed by atoms with Crippen LogP contribution >= 0.6 is 0 Å². The third-order valence-electron chi connectivity index (χ3n) is 1.55. The normalized spacial score (nSPS) is 9.50. The summed E-state index contributed by atoms with van der Waals surface area (Å²) < 4.78 is 4.97. The number of aryl methyl sites for hydroxylation is 1. The lowest BCUT2D eigenvalue weighted by atomic mass is 10.2. The fourth-order valence-electron chi connectivity index (χ4n) is 1.00. The molecule has 0 aliphatic rings. The summed E-state index contributed by atoms with van der Waals surface area (Å²) in [5.41, 5.74) is 6.14. The number of aromatic nitrogens is 1. The van der Waals surface area contributed by atoms with Gasteiger partial charge in [-0.25, -0.2) is 0 Å². The highest BCUT2D eigenvalue weighted by atomic mass is 16.5. The van der Waals surface area contributed by atoms with Gasteiger partial charge in [0, 0.05) is 6.20 Å². The van der Waals surface area contributed by atoms with E-state index in [1.807, 2.05) is 0 Å². The second-order valence-electron chi connectivity index (χ2n) is 2.34. The minimum absolute atomic E-state index is 0.366. The predicted molar refractivity (Wildman–Crippen MR) is 44.0 cm³/mol. The van der Waals surface area contributed by atoms with E-state index in [1.165, 1.54) is 19.4 Å². The van der Waals surface area contributed by atoms with Crippen molar-refractivity contribution in [3.63, 3.8) is 0 Å². The molecule has 0 atom stereocenters. The third-order valence-corrected chi connectivity index (χ3v) is 1.55. The highest BCUT2D eigenvalue weighted by Gasteiger charge is 2.10. The van der Waals surface area contributed by atoms with Crippen LogP contribution in [0.1, 0.15) is 16.1 Å². The maximum absolute atomic E-state index is 10.8. The Balaban J connectivity index is 3.27. The average Bonchev–Trinajstić information content (AvgIpc) is 2.03. The monoisotopic (exact) mass is 166 g/mol. The van der Waals surface area contributed by atoms with Crippen molar-refractivity contribution in [3.8, 4) is 5.75 Å². The van der Waals surface area contributed by atoms with Crippen molar-refractivity contribution < 1.29 is 9.53 Å². The fraction of sp³-hybridized carbons (Fsp3) is 0.250. The number of nitrogens with zero attached hydrogens (tertiary/aromatic N) is 1. The van der Waals surface area contributed by atoms with Gasteiger partial charge in [0.2, 0.25) is 0 Å². The van der Waals surface area contributed by atoms with E-state index in [1.54, 1.807) is 6.92 Å². The van der Waals surface area contributed by atoms with Crippen molar-refractivity contribution >= 4 is 5.91 Å². The summed E-state index contributed by atoms with van der Waals surface area (Å²) in [5, 5.41) is 0. The fourth-order valence-corrected chi connectivity index (χ4v) is 1.00. The topological polar surface area (TPSA) is 65.2 Å². The minimum Gasteiger partial charge on any atom is -0.494 e. The van der Waals surface area contributed by atoms with Crippen molar-refractivity contribution in [2.75, 3.05) is 7.11 Å². The number of carbonyl (C=O) groups is 1. The molecule has 4 heteroatoms. The van der Waals surface area contributed by atoms with Gasteiger partial charge in [0.25, 0.3) is 5.91 Å². The van der Waals surface area contributed by atoms with E-state index in [4.69, 9.17) is 10.5 Å². The van der Waals surface area contributed by atoms with Crippen molar-refractivity contribution in [1.29, 1.82) is 0 Å². The SMILES string of the molecule is COc1c(C(N)=O)ccnc1C. The minimum atomic E-state index is -0.502. The van der Waals surface area contributed by atoms with Gasteiger partial charge in [0.1, 0.15) is 0 Å². The number of rotatable bonds is 2. The molecule has 1 amide bonds. The molecule has 4 nitrogen and oxygen atoms in total. The number of hydrogen-bond donors (Lipinski definition) is 1. The lowest BCUT2D eigenvalue weighted by Crippen LogP contribution is -2.13. The molecule has 0 aromatic carbocycles. The average molecular weight is 166 g/mol. The van der Waals surface area contributed by atoms with Gasteiger partial charge in [-0.3, -0.25) is 9.78 Å². The number of primary amides is 1. The largest absolute Gasteiger partial charge is 0.494 e. The van der Waals surface area contributed by atoms with Gasteiger partial charge in [0.15, 0.2) is 5.75 Å². The van der Waals surface area contributed by atoms with Crippen LogP contribution in [0.25, 0.3) is 0 Å². The molecule has 0 fully saturated rings. The maximum atomic E-state index is 10.8. The number of methoxy groups -OCH3 is 1. The standard InChI is InChI=1S/C8H10N2O2/c1-5-7(12-2)6(8(9)11)3-4-10-5/h3-4H,1-2H3,(H2,9,11). The second-order valence-corrected chi connectivity index (χ2v) is 2.34.